The molecule has 2 rings (SSSR count). The summed E-state index contributed by atoms with van der Waals surface area (Å²) in [7, 11) is -4.64. The molecule has 1 fully saturated rings. The van der Waals surface area contributed by atoms with Gasteiger partial charge in [0.2, 0.25) is 5.91 Å². The number of carbonyl (C=O) groups excluding carboxylic acids is 2. The highest BCUT2D eigenvalue weighted by Gasteiger charge is 2.45. The molecule has 0 spiro atoms. The normalized spacial score (nSPS) is 18.6. The smallest absolute Gasteiger partial charge is 0.342 e. The molecule has 1 aliphatic rings. The maximum absolute atomic E-state index is 12.1. The molecule has 122 valence electrons. The standard InChI is InChI=1S/C11H10ClN5O5S/c12-7-3-1-2-6(4-7)9(15-16-13)10(18)14-8-5-17(11(8)19)23(20,21)22/h1-4,8-9H,5H2,(H,14,18)(H,20,21,22). The number of rotatable bonds is 5. The van der Waals surface area contributed by atoms with Crippen molar-refractivity contribution in [1.82, 2.24) is 9.62 Å². The monoisotopic (exact) mass is 359 g/mol. The Morgan fingerprint density at radius 2 is 2.26 bits per heavy atom. The molecule has 1 heterocycles. The SMILES string of the molecule is [N-]=[N+]=NC(C(=O)NC1CN(S(=O)(=O)O)C1=O)c1cccc(Cl)c1. The van der Waals surface area contributed by atoms with E-state index in [0.29, 0.717) is 10.6 Å². The van der Waals surface area contributed by atoms with Crippen LogP contribution in [-0.4, -0.2) is 41.7 Å². The first-order valence-corrected chi connectivity index (χ1v) is 7.90. The van der Waals surface area contributed by atoms with Gasteiger partial charge in [-0.15, -0.1) is 0 Å². The van der Waals surface area contributed by atoms with Crippen molar-refractivity contribution in [2.24, 2.45) is 5.11 Å². The molecule has 0 saturated carbocycles. The van der Waals surface area contributed by atoms with E-state index in [-0.39, 0.29) is 4.31 Å². The Labute approximate surface area is 135 Å². The molecular weight excluding hydrogens is 350 g/mol. The number of azide groups is 1. The molecule has 1 aliphatic heterocycles. The molecule has 2 atom stereocenters. The Bertz CT molecular complexity index is 807. The van der Waals surface area contributed by atoms with Crippen LogP contribution in [0.25, 0.3) is 10.4 Å². The van der Waals surface area contributed by atoms with Gasteiger partial charge in [0.05, 0.1) is 6.54 Å². The van der Waals surface area contributed by atoms with Crippen LogP contribution in [0.2, 0.25) is 5.02 Å². The Hall–Kier alpha value is -2.33. The van der Waals surface area contributed by atoms with Crippen molar-refractivity contribution in [3.05, 3.63) is 45.3 Å². The van der Waals surface area contributed by atoms with Gasteiger partial charge < -0.3 is 5.32 Å². The fraction of sp³-hybridized carbons (Fsp3) is 0.273. The topological polar surface area (TPSA) is 153 Å². The van der Waals surface area contributed by atoms with Crippen molar-refractivity contribution in [2.75, 3.05) is 6.54 Å². The summed E-state index contributed by atoms with van der Waals surface area (Å²) in [6, 6.07) is 3.66. The van der Waals surface area contributed by atoms with E-state index in [9.17, 15) is 18.0 Å². The quantitative estimate of drug-likeness (QED) is 0.262. The minimum atomic E-state index is -4.64. The van der Waals surface area contributed by atoms with Crippen LogP contribution in [0.4, 0.5) is 0 Å². The van der Waals surface area contributed by atoms with Gasteiger partial charge in [-0.2, -0.15) is 8.42 Å². The minimum Gasteiger partial charge on any atom is -0.342 e. The maximum atomic E-state index is 12.1. The van der Waals surface area contributed by atoms with E-state index in [0.717, 1.165) is 0 Å². The van der Waals surface area contributed by atoms with Crippen molar-refractivity contribution in [1.29, 1.82) is 0 Å². The predicted molar refractivity (Wildman–Crippen MR) is 78.5 cm³/mol. The molecule has 0 radical (unpaired) electrons. The Kier molecular flexibility index (Phi) is 4.76. The fourth-order valence-electron chi connectivity index (χ4n) is 1.96. The van der Waals surface area contributed by atoms with Gasteiger partial charge in [0.15, 0.2) is 0 Å². The van der Waals surface area contributed by atoms with Gasteiger partial charge >= 0.3 is 10.3 Å². The molecule has 1 aromatic rings. The largest absolute Gasteiger partial charge is 0.362 e. The molecule has 1 saturated heterocycles. The number of nitrogens with one attached hydrogen (secondary N) is 1. The van der Waals surface area contributed by atoms with Gasteiger partial charge in [-0.25, -0.2) is 4.31 Å². The third-order valence-corrected chi connectivity index (χ3v) is 4.19. The zero-order valence-corrected chi connectivity index (χ0v) is 12.9. The summed E-state index contributed by atoms with van der Waals surface area (Å²) >= 11 is 5.81. The molecule has 2 unspecified atom stereocenters. The highest BCUT2D eigenvalue weighted by Crippen LogP contribution is 2.23. The molecule has 1 aromatic carbocycles. The second-order valence-electron chi connectivity index (χ2n) is 4.57. The van der Waals surface area contributed by atoms with Gasteiger partial charge in [0.1, 0.15) is 12.1 Å². The molecule has 0 aliphatic carbocycles. The number of benzene rings is 1. The van der Waals surface area contributed by atoms with Crippen LogP contribution in [-0.2, 0) is 19.9 Å². The van der Waals surface area contributed by atoms with E-state index in [4.69, 9.17) is 21.7 Å². The van der Waals surface area contributed by atoms with Crippen LogP contribution in [0.1, 0.15) is 11.6 Å². The minimum absolute atomic E-state index is 0.208. The average molecular weight is 360 g/mol. The molecule has 12 heteroatoms. The van der Waals surface area contributed by atoms with Gasteiger partial charge in [-0.3, -0.25) is 14.1 Å². The Morgan fingerprint density at radius 1 is 1.57 bits per heavy atom. The van der Waals surface area contributed by atoms with Crippen molar-refractivity contribution in [2.45, 2.75) is 12.1 Å². The van der Waals surface area contributed by atoms with Crippen molar-refractivity contribution < 1.29 is 22.6 Å². The fourth-order valence-corrected chi connectivity index (χ4v) is 2.85. The molecule has 0 aromatic heterocycles. The van der Waals surface area contributed by atoms with Gasteiger partial charge in [-0.1, -0.05) is 28.8 Å². The molecular formula is C11H10ClN5O5S. The average Bonchev–Trinajstić information content (AvgIpc) is 2.46. The molecule has 23 heavy (non-hydrogen) atoms. The summed E-state index contributed by atoms with van der Waals surface area (Å²) in [4.78, 5) is 26.3. The molecule has 0 bridgehead atoms. The third kappa shape index (κ3) is 3.71. The lowest BCUT2D eigenvalue weighted by molar-refractivity contribution is -0.140. The number of nitrogens with zero attached hydrogens (tertiary/aromatic N) is 4. The number of hydrogen-bond donors (Lipinski definition) is 2. The van der Waals surface area contributed by atoms with E-state index in [1.54, 1.807) is 12.1 Å². The summed E-state index contributed by atoms with van der Waals surface area (Å²) in [5.41, 5.74) is 8.89. The van der Waals surface area contributed by atoms with Crippen LogP contribution in [0.3, 0.4) is 0 Å². The zero-order chi connectivity index (χ0) is 17.2. The lowest BCUT2D eigenvalue weighted by atomic mass is 10.1. The van der Waals surface area contributed by atoms with E-state index in [1.807, 2.05) is 0 Å². The van der Waals surface area contributed by atoms with Crippen molar-refractivity contribution >= 4 is 33.7 Å². The van der Waals surface area contributed by atoms with Gasteiger partial charge in [-0.05, 0) is 23.2 Å². The second kappa shape index (κ2) is 6.42. The van der Waals surface area contributed by atoms with E-state index in [1.165, 1.54) is 12.1 Å². The lowest BCUT2D eigenvalue weighted by Crippen LogP contribution is -2.65. The highest BCUT2D eigenvalue weighted by atomic mass is 35.5. The van der Waals surface area contributed by atoms with Crippen LogP contribution in [0.15, 0.2) is 29.4 Å². The van der Waals surface area contributed by atoms with Gasteiger partial charge in [0, 0.05) is 9.93 Å². The third-order valence-electron chi connectivity index (χ3n) is 3.07. The summed E-state index contributed by atoms with van der Waals surface area (Å²) in [6.07, 6.45) is 0. The van der Waals surface area contributed by atoms with Crippen LogP contribution >= 0.6 is 11.6 Å². The van der Waals surface area contributed by atoms with Crippen molar-refractivity contribution in [3.63, 3.8) is 0 Å². The lowest BCUT2D eigenvalue weighted by Gasteiger charge is -2.35. The maximum Gasteiger partial charge on any atom is 0.362 e. The number of halogens is 1. The van der Waals surface area contributed by atoms with Crippen molar-refractivity contribution in [3.8, 4) is 0 Å². The predicted octanol–water partition coefficient (Wildman–Crippen LogP) is 0.821. The summed E-state index contributed by atoms with van der Waals surface area (Å²) in [6.45, 7) is -0.401. The summed E-state index contributed by atoms with van der Waals surface area (Å²) < 4.78 is 30.6. The summed E-state index contributed by atoms with van der Waals surface area (Å²) in [5, 5.41) is 5.94. The first-order valence-electron chi connectivity index (χ1n) is 6.13. The van der Waals surface area contributed by atoms with Crippen LogP contribution in [0, 0.1) is 0 Å². The Balaban J connectivity index is 2.12. The highest BCUT2D eigenvalue weighted by molar-refractivity contribution is 7.84. The molecule has 2 amide bonds. The summed E-state index contributed by atoms with van der Waals surface area (Å²) in [5.74, 6) is -1.77. The van der Waals surface area contributed by atoms with E-state index >= 15 is 0 Å². The second-order valence-corrected chi connectivity index (χ2v) is 6.34. The molecule has 10 nitrogen and oxygen atoms in total. The first-order chi connectivity index (χ1) is 10.7. The van der Waals surface area contributed by atoms with Crippen LogP contribution < -0.4 is 5.32 Å². The first kappa shape index (κ1) is 17.0. The number of carbonyl (C=O) groups is 2. The van der Waals surface area contributed by atoms with E-state index in [2.05, 4.69) is 15.3 Å². The van der Waals surface area contributed by atoms with Gasteiger partial charge in [0.25, 0.3) is 5.91 Å². The zero-order valence-electron chi connectivity index (χ0n) is 11.3. The van der Waals surface area contributed by atoms with Crippen LogP contribution in [0.5, 0.6) is 0 Å². The van der Waals surface area contributed by atoms with E-state index < -0.39 is 40.7 Å². The Morgan fingerprint density at radius 3 is 2.78 bits per heavy atom. The number of β-lactam (4-membered cyclic amide) rings is 1. The number of hydrogen-bond acceptors (Lipinski definition) is 5. The number of amides is 2. The molecule has 2 N–H and O–H groups in total.